The number of nitrogens with one attached hydrogen (secondary N) is 1. The van der Waals surface area contributed by atoms with E-state index in [1.54, 1.807) is 18.5 Å². The second-order valence-corrected chi connectivity index (χ2v) is 17.9. The van der Waals surface area contributed by atoms with E-state index in [-0.39, 0.29) is 24.8 Å². The van der Waals surface area contributed by atoms with Crippen molar-refractivity contribution < 1.29 is 23.9 Å². The van der Waals surface area contributed by atoms with Crippen LogP contribution in [0, 0.1) is 11.8 Å². The van der Waals surface area contributed by atoms with Gasteiger partial charge in [0.05, 0.1) is 22.6 Å². The number of piperidine rings is 4. The minimum Gasteiger partial charge on any atom is -0.457 e. The number of carbonyl (C=O) groups is 4. The van der Waals surface area contributed by atoms with Crippen molar-refractivity contribution in [1.82, 2.24) is 39.8 Å². The van der Waals surface area contributed by atoms with Gasteiger partial charge in [0.2, 0.25) is 11.8 Å². The van der Waals surface area contributed by atoms with Gasteiger partial charge in [-0.05, 0) is 144 Å². The molecule has 63 heavy (non-hydrogen) atoms. The van der Waals surface area contributed by atoms with Gasteiger partial charge >= 0.3 is 0 Å². The molecule has 5 aliphatic heterocycles. The molecule has 3 N–H and O–H groups in total. The third-order valence-corrected chi connectivity index (χ3v) is 13.9. The molecule has 0 radical (unpaired) electrons. The van der Waals surface area contributed by atoms with Gasteiger partial charge in [0.25, 0.3) is 11.8 Å². The molecule has 3 aromatic carbocycles. The Morgan fingerprint density at radius 3 is 2.27 bits per heavy atom. The normalized spacial score (nSPS) is 21.9. The van der Waals surface area contributed by atoms with E-state index in [9.17, 15) is 19.2 Å². The Kier molecular flexibility index (Phi) is 11.4. The van der Waals surface area contributed by atoms with Crippen molar-refractivity contribution in [3.8, 4) is 22.8 Å². The van der Waals surface area contributed by atoms with Crippen LogP contribution in [0.4, 0.5) is 11.5 Å². The highest BCUT2D eigenvalue weighted by molar-refractivity contribution is 6.23. The molecule has 15 heteroatoms. The van der Waals surface area contributed by atoms with Crippen LogP contribution in [0.5, 0.6) is 11.5 Å². The number of aromatic nitrogens is 4. The lowest BCUT2D eigenvalue weighted by atomic mass is 9.91. The van der Waals surface area contributed by atoms with Crippen molar-refractivity contribution in [3.63, 3.8) is 0 Å². The van der Waals surface area contributed by atoms with Crippen LogP contribution in [-0.4, -0.2) is 116 Å². The lowest BCUT2D eigenvalue weighted by Gasteiger charge is -2.39. The Balaban J connectivity index is 0.691. The fourth-order valence-corrected chi connectivity index (χ4v) is 10.4. The number of benzene rings is 3. The Bertz CT molecular complexity index is 2510. The topological polar surface area (TPSA) is 172 Å². The molecule has 4 amide bonds. The van der Waals surface area contributed by atoms with Gasteiger partial charge in [0, 0.05) is 43.9 Å². The average molecular weight is 851 g/mol. The summed E-state index contributed by atoms with van der Waals surface area (Å²) in [6.45, 7) is 8.33. The van der Waals surface area contributed by atoms with Crippen LogP contribution in [0.15, 0.2) is 79.1 Å². The lowest BCUT2D eigenvalue weighted by molar-refractivity contribution is -0.136. The summed E-state index contributed by atoms with van der Waals surface area (Å²) in [5, 5.41) is 8.23. The van der Waals surface area contributed by atoms with Crippen LogP contribution in [0.25, 0.3) is 22.3 Å². The molecule has 326 valence electrons. The van der Waals surface area contributed by atoms with Crippen LogP contribution in [-0.2, 0) is 9.59 Å². The fraction of sp³-hybridized carbons (Fsp3) is 0.438. The first kappa shape index (κ1) is 40.9. The molecule has 4 fully saturated rings. The third kappa shape index (κ3) is 8.39. The number of likely N-dealkylation sites (tertiary alicyclic amines) is 2. The highest BCUT2D eigenvalue weighted by Crippen LogP contribution is 2.36. The largest absolute Gasteiger partial charge is 0.457 e. The number of nitrogens with two attached hydrogens (primary N) is 1. The fourth-order valence-electron chi connectivity index (χ4n) is 10.4. The summed E-state index contributed by atoms with van der Waals surface area (Å²) in [4.78, 5) is 68.4. The predicted octanol–water partition coefficient (Wildman–Crippen LogP) is 5.92. The van der Waals surface area contributed by atoms with Crippen molar-refractivity contribution in [2.75, 3.05) is 63.0 Å². The van der Waals surface area contributed by atoms with E-state index in [0.29, 0.717) is 28.8 Å². The highest BCUT2D eigenvalue weighted by Gasteiger charge is 2.45. The first-order valence-electron chi connectivity index (χ1n) is 22.6. The van der Waals surface area contributed by atoms with Crippen LogP contribution in [0.1, 0.15) is 84.5 Å². The molecule has 1 unspecified atom stereocenters. The zero-order chi connectivity index (χ0) is 43.0. The quantitative estimate of drug-likeness (QED) is 0.151. The first-order chi connectivity index (χ1) is 30.8. The van der Waals surface area contributed by atoms with E-state index >= 15 is 0 Å². The highest BCUT2D eigenvalue weighted by atomic mass is 16.5. The molecule has 2 aromatic heterocycles. The lowest BCUT2D eigenvalue weighted by Crippen LogP contribution is -2.54. The molecule has 10 rings (SSSR count). The van der Waals surface area contributed by atoms with Crippen molar-refractivity contribution in [2.45, 2.75) is 69.9 Å². The maximum absolute atomic E-state index is 13.4. The number of nitrogens with zero attached hydrogens (tertiary/aromatic N) is 8. The Labute approximate surface area is 366 Å². The standard InChI is InChI=1S/C48H54N10O5/c49-44-42-43(33-8-11-37(12-9-33)63-36-6-2-1-3-7-36)53-58(45(42)51-30-50-44)35-5-4-21-55(29-35)28-32-17-23-54(24-18-32)22-16-31-19-25-56(26-20-31)34-10-13-38-39(27-34)48(62)57(47(38)61)40-14-15-41(59)52-46(40)60/h1-3,6-13,27,30-32,35,40H,4-5,14-26,28-29H2,(H2,49,50,51)(H,52,59,60)/t35-,40?/m1/s1. The Hall–Kier alpha value is -6.19. The van der Waals surface area contributed by atoms with Gasteiger partial charge in [-0.1, -0.05) is 18.2 Å². The van der Waals surface area contributed by atoms with Crippen molar-refractivity contribution in [1.29, 1.82) is 0 Å². The van der Waals surface area contributed by atoms with E-state index in [1.165, 1.54) is 19.3 Å². The minimum atomic E-state index is -0.956. The van der Waals surface area contributed by atoms with Crippen LogP contribution >= 0.6 is 0 Å². The van der Waals surface area contributed by atoms with Gasteiger partial charge in [0.1, 0.15) is 35.4 Å². The zero-order valence-electron chi connectivity index (χ0n) is 35.5. The number of anilines is 2. The summed E-state index contributed by atoms with van der Waals surface area (Å²) in [6.07, 6.45) is 9.72. The minimum absolute atomic E-state index is 0.105. The van der Waals surface area contributed by atoms with Crippen molar-refractivity contribution in [3.05, 3.63) is 90.3 Å². The van der Waals surface area contributed by atoms with Crippen molar-refractivity contribution >= 4 is 46.2 Å². The molecule has 0 aliphatic carbocycles. The summed E-state index contributed by atoms with van der Waals surface area (Å²) in [6, 6.07) is 22.4. The molecule has 0 bridgehead atoms. The van der Waals surface area contributed by atoms with E-state index in [4.69, 9.17) is 20.6 Å². The SMILES string of the molecule is Nc1ncnc2c1c(-c1ccc(Oc3ccccc3)cc1)nn2[C@@H]1CCCN(CC2CCN(CCC3CCN(c4ccc5c(c4)C(=O)N(C4CCC(=O)NC4=O)C5=O)CC3)CC2)C1. The van der Waals surface area contributed by atoms with Gasteiger partial charge in [-0.25, -0.2) is 14.6 Å². The predicted molar refractivity (Wildman–Crippen MR) is 238 cm³/mol. The number of fused-ring (bicyclic) bond motifs is 2. The van der Waals surface area contributed by atoms with E-state index in [0.717, 1.165) is 122 Å². The average Bonchev–Trinajstić information content (AvgIpc) is 3.82. The second kappa shape index (κ2) is 17.5. The smallest absolute Gasteiger partial charge is 0.262 e. The monoisotopic (exact) mass is 850 g/mol. The maximum Gasteiger partial charge on any atom is 0.262 e. The molecule has 4 saturated heterocycles. The molecule has 2 atom stereocenters. The number of hydrogen-bond acceptors (Lipinski definition) is 12. The van der Waals surface area contributed by atoms with E-state index < -0.39 is 23.8 Å². The van der Waals surface area contributed by atoms with Gasteiger partial charge in [-0.3, -0.25) is 29.4 Å². The molecule has 0 spiro atoms. The summed E-state index contributed by atoms with van der Waals surface area (Å²) >= 11 is 0. The maximum atomic E-state index is 13.4. The molecule has 15 nitrogen and oxygen atoms in total. The number of para-hydroxylation sites is 1. The molecular formula is C48H54N10O5. The summed E-state index contributed by atoms with van der Waals surface area (Å²) in [7, 11) is 0. The Morgan fingerprint density at radius 1 is 0.746 bits per heavy atom. The number of carbonyl (C=O) groups excluding carboxylic acids is 4. The molecule has 0 saturated carbocycles. The number of hydrogen-bond donors (Lipinski definition) is 2. The second-order valence-electron chi connectivity index (χ2n) is 17.9. The molecular weight excluding hydrogens is 797 g/mol. The van der Waals surface area contributed by atoms with Gasteiger partial charge in [-0.15, -0.1) is 0 Å². The Morgan fingerprint density at radius 2 is 1.49 bits per heavy atom. The van der Waals surface area contributed by atoms with Crippen molar-refractivity contribution in [2.24, 2.45) is 11.8 Å². The number of ether oxygens (including phenoxy) is 1. The van der Waals surface area contributed by atoms with E-state index in [1.807, 2.05) is 60.7 Å². The first-order valence-corrected chi connectivity index (χ1v) is 22.6. The number of rotatable bonds is 11. The number of imide groups is 2. The number of nitrogen functional groups attached to an aromatic ring is 1. The summed E-state index contributed by atoms with van der Waals surface area (Å²) in [5.41, 5.74) is 10.6. The molecule has 5 aliphatic rings. The summed E-state index contributed by atoms with van der Waals surface area (Å²) in [5.74, 6) is 1.40. The summed E-state index contributed by atoms with van der Waals surface area (Å²) < 4.78 is 8.14. The zero-order valence-corrected chi connectivity index (χ0v) is 35.5. The molecule has 7 heterocycles. The van der Waals surface area contributed by atoms with Crippen LogP contribution in [0.3, 0.4) is 0 Å². The third-order valence-electron chi connectivity index (χ3n) is 13.9. The number of amides is 4. The van der Waals surface area contributed by atoms with Gasteiger partial charge in [0.15, 0.2) is 5.65 Å². The van der Waals surface area contributed by atoms with Gasteiger partial charge < -0.3 is 25.2 Å². The van der Waals surface area contributed by atoms with Crippen LogP contribution in [0.2, 0.25) is 0 Å². The molecule has 5 aromatic rings. The van der Waals surface area contributed by atoms with Crippen LogP contribution < -0.4 is 20.7 Å². The van der Waals surface area contributed by atoms with E-state index in [2.05, 4.69) is 29.7 Å². The van der Waals surface area contributed by atoms with Gasteiger partial charge in [-0.2, -0.15) is 5.10 Å².